The van der Waals surface area contributed by atoms with Crippen LogP contribution in [0.4, 0.5) is 5.69 Å². The average molecular weight is 286 g/mol. The van der Waals surface area contributed by atoms with Gasteiger partial charge in [0, 0.05) is 44.5 Å². The first-order valence-corrected chi connectivity index (χ1v) is 7.78. The van der Waals surface area contributed by atoms with Gasteiger partial charge in [-0.1, -0.05) is 12.1 Å². The second-order valence-electron chi connectivity index (χ2n) is 6.13. The Morgan fingerprint density at radius 2 is 1.95 bits per heavy atom. The average Bonchev–Trinajstić information content (AvgIpc) is 2.47. The number of hydrogen-bond acceptors (Lipinski definition) is 4. The fourth-order valence-electron chi connectivity index (χ4n) is 2.80. The Bertz CT molecular complexity index is 484. The van der Waals surface area contributed by atoms with Crippen molar-refractivity contribution in [1.29, 1.82) is 5.26 Å². The van der Waals surface area contributed by atoms with Gasteiger partial charge in [0.25, 0.3) is 0 Å². The van der Waals surface area contributed by atoms with Crippen LogP contribution in [0.15, 0.2) is 24.3 Å². The largest absolute Gasteiger partial charge is 0.369 e. The van der Waals surface area contributed by atoms with Crippen LogP contribution in [0.2, 0.25) is 0 Å². The van der Waals surface area contributed by atoms with E-state index in [4.69, 9.17) is 0 Å². The molecule has 1 N–H and O–H groups in total. The van der Waals surface area contributed by atoms with Gasteiger partial charge >= 0.3 is 0 Å². The van der Waals surface area contributed by atoms with Crippen LogP contribution in [-0.4, -0.2) is 49.7 Å². The first-order chi connectivity index (χ1) is 10.1. The normalized spacial score (nSPS) is 17.8. The summed E-state index contributed by atoms with van der Waals surface area (Å²) in [6.45, 7) is 11.2. The van der Waals surface area contributed by atoms with Crippen molar-refractivity contribution in [2.24, 2.45) is 0 Å². The van der Waals surface area contributed by atoms with Crippen LogP contribution in [0.5, 0.6) is 0 Å². The molecule has 4 nitrogen and oxygen atoms in total. The van der Waals surface area contributed by atoms with Gasteiger partial charge in [0.15, 0.2) is 0 Å². The molecule has 1 aromatic carbocycles. The number of piperazine rings is 1. The van der Waals surface area contributed by atoms with Gasteiger partial charge in [0.2, 0.25) is 0 Å². The van der Waals surface area contributed by atoms with Gasteiger partial charge in [-0.05, 0) is 38.5 Å². The van der Waals surface area contributed by atoms with Crippen LogP contribution >= 0.6 is 0 Å². The molecule has 2 rings (SSSR count). The minimum Gasteiger partial charge on any atom is -0.369 e. The minimum absolute atomic E-state index is 0.0736. The molecular weight excluding hydrogens is 260 g/mol. The van der Waals surface area contributed by atoms with Crippen molar-refractivity contribution < 1.29 is 0 Å². The maximum atomic E-state index is 9.22. The van der Waals surface area contributed by atoms with E-state index in [1.54, 1.807) is 0 Å². The van der Waals surface area contributed by atoms with Crippen LogP contribution in [0.1, 0.15) is 19.4 Å². The standard InChI is InChI=1S/C17H26N4/c1-14(2)19-16(12-18)13-20-7-9-21(10-8-20)17-6-4-5-15(3)11-17/h4-6,11,14,16,19H,7-10,13H2,1-3H3. The van der Waals surface area contributed by atoms with E-state index in [0.29, 0.717) is 6.04 Å². The highest BCUT2D eigenvalue weighted by molar-refractivity contribution is 5.48. The van der Waals surface area contributed by atoms with Gasteiger partial charge in [-0.25, -0.2) is 0 Å². The molecule has 1 fully saturated rings. The van der Waals surface area contributed by atoms with Gasteiger partial charge < -0.3 is 4.90 Å². The molecule has 0 bridgehead atoms. The highest BCUT2D eigenvalue weighted by atomic mass is 15.3. The third kappa shape index (κ3) is 4.73. The van der Waals surface area contributed by atoms with Crippen molar-refractivity contribution in [3.05, 3.63) is 29.8 Å². The Morgan fingerprint density at radius 1 is 1.24 bits per heavy atom. The van der Waals surface area contributed by atoms with Crippen molar-refractivity contribution in [2.75, 3.05) is 37.6 Å². The lowest BCUT2D eigenvalue weighted by atomic mass is 10.2. The van der Waals surface area contributed by atoms with Crippen molar-refractivity contribution in [3.8, 4) is 6.07 Å². The van der Waals surface area contributed by atoms with Gasteiger partial charge in [-0.2, -0.15) is 5.26 Å². The molecule has 0 aromatic heterocycles. The predicted octanol–water partition coefficient (Wildman–Crippen LogP) is 2.01. The molecule has 0 saturated carbocycles. The number of nitriles is 1. The third-order valence-electron chi connectivity index (χ3n) is 3.87. The first-order valence-electron chi connectivity index (χ1n) is 7.78. The van der Waals surface area contributed by atoms with E-state index < -0.39 is 0 Å². The van der Waals surface area contributed by atoms with E-state index in [1.807, 2.05) is 0 Å². The first kappa shape index (κ1) is 15.8. The SMILES string of the molecule is Cc1cccc(N2CCN(CC(C#N)NC(C)C)CC2)c1. The molecule has 1 saturated heterocycles. The summed E-state index contributed by atoms with van der Waals surface area (Å²) in [7, 11) is 0. The van der Waals surface area contributed by atoms with E-state index >= 15 is 0 Å². The molecular formula is C17H26N4. The summed E-state index contributed by atoms with van der Waals surface area (Å²) >= 11 is 0. The Labute approximate surface area is 128 Å². The van der Waals surface area contributed by atoms with Gasteiger partial charge in [0.05, 0.1) is 6.07 Å². The molecule has 4 heteroatoms. The number of aryl methyl sites for hydroxylation is 1. The maximum absolute atomic E-state index is 9.22. The fourth-order valence-corrected chi connectivity index (χ4v) is 2.80. The van der Waals surface area contributed by atoms with Crippen LogP contribution < -0.4 is 10.2 Å². The molecule has 21 heavy (non-hydrogen) atoms. The van der Waals surface area contributed by atoms with Crippen molar-refractivity contribution in [1.82, 2.24) is 10.2 Å². The monoisotopic (exact) mass is 286 g/mol. The molecule has 1 heterocycles. The molecule has 1 aromatic rings. The number of hydrogen-bond donors (Lipinski definition) is 1. The Morgan fingerprint density at radius 3 is 2.52 bits per heavy atom. The van der Waals surface area contributed by atoms with Crippen LogP contribution in [0, 0.1) is 18.3 Å². The summed E-state index contributed by atoms with van der Waals surface area (Å²) in [5.41, 5.74) is 2.62. The molecule has 0 radical (unpaired) electrons. The Kier molecular flexibility index (Phi) is 5.60. The summed E-state index contributed by atoms with van der Waals surface area (Å²) in [6, 6.07) is 11.3. The smallest absolute Gasteiger partial charge is 0.108 e. The van der Waals surface area contributed by atoms with E-state index in [1.165, 1.54) is 11.3 Å². The molecule has 1 atom stereocenters. The summed E-state index contributed by atoms with van der Waals surface area (Å²) in [4.78, 5) is 4.82. The van der Waals surface area contributed by atoms with Crippen molar-refractivity contribution in [3.63, 3.8) is 0 Å². The van der Waals surface area contributed by atoms with E-state index in [9.17, 15) is 5.26 Å². The van der Waals surface area contributed by atoms with E-state index in [-0.39, 0.29) is 6.04 Å². The lowest BCUT2D eigenvalue weighted by molar-refractivity contribution is 0.240. The Balaban J connectivity index is 1.84. The lowest BCUT2D eigenvalue weighted by Crippen LogP contribution is -2.51. The zero-order valence-electron chi connectivity index (χ0n) is 13.3. The summed E-state index contributed by atoms with van der Waals surface area (Å²) in [5.74, 6) is 0. The molecule has 1 aliphatic rings. The van der Waals surface area contributed by atoms with Gasteiger partial charge in [-0.15, -0.1) is 0 Å². The van der Waals surface area contributed by atoms with Crippen molar-refractivity contribution >= 4 is 5.69 Å². The second-order valence-corrected chi connectivity index (χ2v) is 6.13. The lowest BCUT2D eigenvalue weighted by Gasteiger charge is -2.37. The highest BCUT2D eigenvalue weighted by Crippen LogP contribution is 2.17. The van der Waals surface area contributed by atoms with E-state index in [2.05, 4.69) is 66.2 Å². The quantitative estimate of drug-likeness (QED) is 0.899. The predicted molar refractivity (Wildman–Crippen MR) is 87.5 cm³/mol. The topological polar surface area (TPSA) is 42.3 Å². The summed E-state index contributed by atoms with van der Waals surface area (Å²) in [5, 5.41) is 12.5. The molecule has 0 spiro atoms. The number of nitrogens with one attached hydrogen (secondary N) is 1. The Hall–Kier alpha value is -1.57. The maximum Gasteiger partial charge on any atom is 0.108 e. The minimum atomic E-state index is -0.0736. The number of rotatable bonds is 5. The van der Waals surface area contributed by atoms with Crippen LogP contribution in [-0.2, 0) is 0 Å². The van der Waals surface area contributed by atoms with Gasteiger partial charge in [0.1, 0.15) is 6.04 Å². The van der Waals surface area contributed by atoms with Crippen molar-refractivity contribution in [2.45, 2.75) is 32.9 Å². The number of benzene rings is 1. The molecule has 114 valence electrons. The number of anilines is 1. The summed E-state index contributed by atoms with van der Waals surface area (Å²) in [6.07, 6.45) is 0. The van der Waals surface area contributed by atoms with Crippen LogP contribution in [0.3, 0.4) is 0 Å². The molecule has 0 amide bonds. The second kappa shape index (κ2) is 7.44. The summed E-state index contributed by atoms with van der Waals surface area (Å²) < 4.78 is 0. The fraction of sp³-hybridized carbons (Fsp3) is 0.588. The zero-order chi connectivity index (χ0) is 15.2. The number of nitrogens with zero attached hydrogens (tertiary/aromatic N) is 3. The van der Waals surface area contributed by atoms with E-state index in [0.717, 1.165) is 32.7 Å². The molecule has 1 unspecified atom stereocenters. The zero-order valence-corrected chi connectivity index (χ0v) is 13.3. The third-order valence-corrected chi connectivity index (χ3v) is 3.87. The van der Waals surface area contributed by atoms with Crippen LogP contribution in [0.25, 0.3) is 0 Å². The molecule has 0 aliphatic carbocycles. The van der Waals surface area contributed by atoms with Gasteiger partial charge in [-0.3, -0.25) is 10.2 Å². The molecule has 1 aliphatic heterocycles. The highest BCUT2D eigenvalue weighted by Gasteiger charge is 2.20.